The summed E-state index contributed by atoms with van der Waals surface area (Å²) in [5.74, 6) is 1.34. The Hall–Kier alpha value is -5.03. The zero-order valence-corrected chi connectivity index (χ0v) is 22.8. The quantitative estimate of drug-likeness (QED) is 0.103. The van der Waals surface area contributed by atoms with Crippen LogP contribution in [0.3, 0.4) is 0 Å². The molecule has 41 heavy (non-hydrogen) atoms. The van der Waals surface area contributed by atoms with Crippen molar-refractivity contribution in [3.8, 4) is 11.5 Å². The van der Waals surface area contributed by atoms with Crippen molar-refractivity contribution in [3.63, 3.8) is 0 Å². The summed E-state index contributed by atoms with van der Waals surface area (Å²) < 4.78 is 11.6. The van der Waals surface area contributed by atoms with Crippen LogP contribution in [0.25, 0.3) is 43.6 Å². The van der Waals surface area contributed by atoms with Gasteiger partial charge in [-0.25, -0.2) is 9.97 Å². The predicted octanol–water partition coefficient (Wildman–Crippen LogP) is 7.85. The Balaban J connectivity index is 1.69. The number of fused-ring (bicyclic) bond motifs is 4. The molecule has 2 heterocycles. The molecule has 0 N–H and O–H groups in total. The number of aromatic nitrogens is 2. The summed E-state index contributed by atoms with van der Waals surface area (Å²) in [6.45, 7) is 4.78. The second-order valence-electron chi connectivity index (χ2n) is 9.12. The molecule has 0 fully saturated rings. The fourth-order valence-electron chi connectivity index (χ4n) is 4.81. The summed E-state index contributed by atoms with van der Waals surface area (Å²) in [4.78, 5) is 33.3. The second-order valence-corrected chi connectivity index (χ2v) is 10.1. The third kappa shape index (κ3) is 4.80. The van der Waals surface area contributed by atoms with Gasteiger partial charge in [0, 0.05) is 55.6 Å². The molecule has 0 atom stereocenters. The molecule has 10 nitrogen and oxygen atoms in total. The normalized spacial score (nSPS) is 11.4. The van der Waals surface area contributed by atoms with Crippen LogP contribution >= 0.6 is 11.8 Å². The Morgan fingerprint density at radius 3 is 1.44 bits per heavy atom. The van der Waals surface area contributed by atoms with Crippen molar-refractivity contribution in [1.82, 2.24) is 9.97 Å². The van der Waals surface area contributed by atoms with E-state index in [2.05, 4.69) is 0 Å². The molecule has 6 rings (SSSR count). The van der Waals surface area contributed by atoms with E-state index < -0.39 is 9.85 Å². The Morgan fingerprint density at radius 1 is 0.610 bits per heavy atom. The first kappa shape index (κ1) is 26.2. The summed E-state index contributed by atoms with van der Waals surface area (Å²) in [5, 5.41) is 26.2. The summed E-state index contributed by atoms with van der Waals surface area (Å²) >= 11 is 1.46. The fraction of sp³-hybridized carbons (Fsp3) is 0.133. The van der Waals surface area contributed by atoms with E-state index in [1.165, 1.54) is 36.0 Å². The molecule has 204 valence electrons. The van der Waals surface area contributed by atoms with Gasteiger partial charge in [0.25, 0.3) is 11.4 Å². The van der Waals surface area contributed by atoms with Crippen LogP contribution in [0.2, 0.25) is 0 Å². The predicted molar refractivity (Wildman–Crippen MR) is 158 cm³/mol. The van der Waals surface area contributed by atoms with Crippen LogP contribution in [0.15, 0.2) is 82.6 Å². The Bertz CT molecular complexity index is 1890. The first-order chi connectivity index (χ1) is 19.9. The van der Waals surface area contributed by atoms with Crippen molar-refractivity contribution < 1.29 is 19.3 Å². The number of nitro groups is 2. The molecule has 6 aromatic rings. The van der Waals surface area contributed by atoms with Crippen LogP contribution in [0.5, 0.6) is 11.5 Å². The zero-order chi connectivity index (χ0) is 28.7. The van der Waals surface area contributed by atoms with Crippen molar-refractivity contribution >= 4 is 66.7 Å². The van der Waals surface area contributed by atoms with E-state index in [4.69, 9.17) is 19.4 Å². The molecule has 0 radical (unpaired) electrons. The number of nitro benzene ring substituents is 2. The van der Waals surface area contributed by atoms with Crippen LogP contribution < -0.4 is 9.47 Å². The number of nitrogens with zero attached hydrogens (tertiary/aromatic N) is 4. The molecular weight excluding hydrogens is 544 g/mol. The first-order valence-electron chi connectivity index (χ1n) is 12.8. The van der Waals surface area contributed by atoms with Crippen molar-refractivity contribution in [2.45, 2.75) is 23.6 Å². The standard InChI is InChI=1S/C30H22N4O6S/c1-3-39-19-7-11-25-23(15-19)29(21-9-5-17(33(35)36)13-27(21)31-25)41-30-22-10-6-18(34(37)38)14-28(22)32-26-12-8-20(40-4-2)16-24(26)30/h5-16H,3-4H2,1-2H3. The lowest BCUT2D eigenvalue weighted by Crippen LogP contribution is -1.96. The summed E-state index contributed by atoms with van der Waals surface area (Å²) in [5.41, 5.74) is 2.15. The minimum absolute atomic E-state index is 0.0558. The minimum atomic E-state index is -0.442. The largest absolute Gasteiger partial charge is 0.494 e. The van der Waals surface area contributed by atoms with Crippen molar-refractivity contribution in [3.05, 3.63) is 93.0 Å². The van der Waals surface area contributed by atoms with Gasteiger partial charge in [-0.1, -0.05) is 11.8 Å². The number of ether oxygens (including phenoxy) is 2. The number of rotatable bonds is 8. The zero-order valence-electron chi connectivity index (χ0n) is 22.0. The number of hydrogen-bond acceptors (Lipinski definition) is 9. The van der Waals surface area contributed by atoms with Crippen molar-refractivity contribution in [1.29, 1.82) is 0 Å². The van der Waals surface area contributed by atoms with Crippen molar-refractivity contribution in [2.24, 2.45) is 0 Å². The van der Waals surface area contributed by atoms with Crippen LogP contribution in [0.1, 0.15) is 13.8 Å². The highest BCUT2D eigenvalue weighted by Crippen LogP contribution is 2.45. The SMILES string of the molecule is CCOc1ccc2nc3cc([N+](=O)[O-])ccc3c(Sc3c4ccc([N+](=O)[O-])cc4nc4ccc(OCC)cc34)c2c1. The van der Waals surface area contributed by atoms with Crippen LogP contribution in [0.4, 0.5) is 11.4 Å². The van der Waals surface area contributed by atoms with Gasteiger partial charge in [0.15, 0.2) is 0 Å². The van der Waals surface area contributed by atoms with Gasteiger partial charge in [0.05, 0.1) is 45.1 Å². The van der Waals surface area contributed by atoms with Gasteiger partial charge in [-0.15, -0.1) is 0 Å². The van der Waals surface area contributed by atoms with Crippen LogP contribution in [-0.2, 0) is 0 Å². The third-order valence-corrected chi connectivity index (χ3v) is 7.89. The molecule has 0 saturated heterocycles. The molecule has 0 aliphatic rings. The molecular formula is C30H22N4O6S. The highest BCUT2D eigenvalue weighted by molar-refractivity contribution is 8.00. The molecule has 0 bridgehead atoms. The molecule has 0 amide bonds. The van der Waals surface area contributed by atoms with E-state index in [-0.39, 0.29) is 11.4 Å². The fourth-order valence-corrected chi connectivity index (χ4v) is 6.13. The van der Waals surface area contributed by atoms with Gasteiger partial charge < -0.3 is 9.47 Å². The molecule has 11 heteroatoms. The average Bonchev–Trinajstić information content (AvgIpc) is 2.96. The average molecular weight is 567 g/mol. The van der Waals surface area contributed by atoms with E-state index in [1.807, 2.05) is 50.2 Å². The van der Waals surface area contributed by atoms with Crippen LogP contribution in [-0.4, -0.2) is 33.0 Å². The van der Waals surface area contributed by atoms with Gasteiger partial charge in [-0.2, -0.15) is 0 Å². The first-order valence-corrected chi connectivity index (χ1v) is 13.6. The van der Waals surface area contributed by atoms with E-state index in [0.29, 0.717) is 46.8 Å². The lowest BCUT2D eigenvalue weighted by molar-refractivity contribution is -0.384. The topological polar surface area (TPSA) is 131 Å². The molecule has 2 aromatic heterocycles. The van der Waals surface area contributed by atoms with Gasteiger partial charge in [-0.05, 0) is 62.4 Å². The van der Waals surface area contributed by atoms with E-state index in [1.54, 1.807) is 12.1 Å². The van der Waals surface area contributed by atoms with Gasteiger partial charge >= 0.3 is 0 Å². The van der Waals surface area contributed by atoms with Gasteiger partial charge in [0.2, 0.25) is 0 Å². The smallest absolute Gasteiger partial charge is 0.271 e. The lowest BCUT2D eigenvalue weighted by atomic mass is 10.1. The highest BCUT2D eigenvalue weighted by Gasteiger charge is 2.20. The summed E-state index contributed by atoms with van der Waals surface area (Å²) in [6, 6.07) is 20.4. The monoisotopic (exact) mass is 566 g/mol. The summed E-state index contributed by atoms with van der Waals surface area (Å²) in [7, 11) is 0. The summed E-state index contributed by atoms with van der Waals surface area (Å²) in [6.07, 6.45) is 0. The second kappa shape index (κ2) is 10.5. The number of pyridine rings is 2. The molecule has 0 aliphatic heterocycles. The lowest BCUT2D eigenvalue weighted by Gasteiger charge is -2.15. The van der Waals surface area contributed by atoms with Gasteiger partial charge in [-0.3, -0.25) is 20.2 Å². The van der Waals surface area contributed by atoms with Gasteiger partial charge in [0.1, 0.15) is 11.5 Å². The maximum atomic E-state index is 11.5. The minimum Gasteiger partial charge on any atom is -0.494 e. The number of benzene rings is 4. The Kier molecular flexibility index (Phi) is 6.72. The molecule has 0 unspecified atom stereocenters. The van der Waals surface area contributed by atoms with Crippen LogP contribution in [0, 0.1) is 20.2 Å². The van der Waals surface area contributed by atoms with E-state index in [9.17, 15) is 20.2 Å². The number of hydrogen-bond donors (Lipinski definition) is 0. The van der Waals surface area contributed by atoms with E-state index in [0.717, 1.165) is 31.3 Å². The third-order valence-electron chi connectivity index (χ3n) is 6.61. The maximum Gasteiger partial charge on any atom is 0.271 e. The van der Waals surface area contributed by atoms with Crippen molar-refractivity contribution in [2.75, 3.05) is 13.2 Å². The molecule has 4 aromatic carbocycles. The Morgan fingerprint density at radius 2 is 1.05 bits per heavy atom. The molecule has 0 aliphatic carbocycles. The van der Waals surface area contributed by atoms with E-state index >= 15 is 0 Å². The number of non-ortho nitro benzene ring substituents is 2. The highest BCUT2D eigenvalue weighted by atomic mass is 32.2. The maximum absolute atomic E-state index is 11.5. The molecule has 0 spiro atoms. The Labute approximate surface area is 237 Å². The molecule has 0 saturated carbocycles.